The number of aliphatic hydroxyl groups excluding tert-OH is 1. The van der Waals surface area contributed by atoms with E-state index in [2.05, 4.69) is 25.2 Å². The monoisotopic (exact) mass is 277 g/mol. The van der Waals surface area contributed by atoms with Gasteiger partial charge in [0, 0.05) is 12.0 Å². The van der Waals surface area contributed by atoms with E-state index in [9.17, 15) is 5.11 Å². The van der Waals surface area contributed by atoms with E-state index in [0.717, 1.165) is 44.4 Å². The standard InChI is InChI=1S/C17H27NO2/c1-3-11-18-17(13-19)10-6-8-15(12-17)20-16-9-5-4-7-14(16)2/h4-5,7,9,15,18-19H,3,6,8,10-13H2,1-2H3. The number of hydrogen-bond donors (Lipinski definition) is 2. The van der Waals surface area contributed by atoms with Crippen molar-refractivity contribution in [1.82, 2.24) is 5.32 Å². The Kier molecular flexibility index (Phi) is 5.44. The molecule has 2 unspecified atom stereocenters. The molecule has 1 aliphatic carbocycles. The Morgan fingerprint density at radius 2 is 2.20 bits per heavy atom. The Balaban J connectivity index is 2.01. The van der Waals surface area contributed by atoms with Gasteiger partial charge in [-0.25, -0.2) is 0 Å². The highest BCUT2D eigenvalue weighted by molar-refractivity contribution is 5.32. The Bertz CT molecular complexity index is 421. The van der Waals surface area contributed by atoms with Gasteiger partial charge in [-0.1, -0.05) is 25.1 Å². The fourth-order valence-electron chi connectivity index (χ4n) is 3.03. The third-order valence-electron chi connectivity index (χ3n) is 4.24. The lowest BCUT2D eigenvalue weighted by molar-refractivity contribution is 0.0508. The second kappa shape index (κ2) is 7.09. The molecule has 3 nitrogen and oxygen atoms in total. The largest absolute Gasteiger partial charge is 0.490 e. The first kappa shape index (κ1) is 15.3. The summed E-state index contributed by atoms with van der Waals surface area (Å²) in [6.45, 7) is 5.38. The summed E-state index contributed by atoms with van der Waals surface area (Å²) in [4.78, 5) is 0. The topological polar surface area (TPSA) is 41.5 Å². The first-order valence-electron chi connectivity index (χ1n) is 7.77. The molecule has 2 atom stereocenters. The Hall–Kier alpha value is -1.06. The zero-order valence-electron chi connectivity index (χ0n) is 12.7. The van der Waals surface area contributed by atoms with E-state index in [-0.39, 0.29) is 18.2 Å². The number of benzene rings is 1. The molecule has 0 saturated heterocycles. The molecule has 20 heavy (non-hydrogen) atoms. The van der Waals surface area contributed by atoms with Crippen molar-refractivity contribution in [3.63, 3.8) is 0 Å². The molecule has 0 aromatic heterocycles. The van der Waals surface area contributed by atoms with E-state index in [1.165, 1.54) is 5.56 Å². The molecular formula is C17H27NO2. The number of ether oxygens (including phenoxy) is 1. The summed E-state index contributed by atoms with van der Waals surface area (Å²) in [5.41, 5.74) is 1.02. The van der Waals surface area contributed by atoms with Crippen LogP contribution in [-0.4, -0.2) is 29.9 Å². The van der Waals surface area contributed by atoms with Crippen molar-refractivity contribution in [3.05, 3.63) is 29.8 Å². The van der Waals surface area contributed by atoms with Gasteiger partial charge < -0.3 is 15.2 Å². The van der Waals surface area contributed by atoms with Crippen LogP contribution in [0.4, 0.5) is 0 Å². The number of nitrogens with one attached hydrogen (secondary N) is 1. The minimum Gasteiger partial charge on any atom is -0.490 e. The van der Waals surface area contributed by atoms with E-state index in [1.807, 2.05) is 18.2 Å². The van der Waals surface area contributed by atoms with Gasteiger partial charge in [-0.3, -0.25) is 0 Å². The minimum atomic E-state index is -0.151. The van der Waals surface area contributed by atoms with Crippen molar-refractivity contribution in [2.75, 3.05) is 13.2 Å². The van der Waals surface area contributed by atoms with Gasteiger partial charge in [0.25, 0.3) is 0 Å². The van der Waals surface area contributed by atoms with Crippen molar-refractivity contribution < 1.29 is 9.84 Å². The number of para-hydroxylation sites is 1. The molecule has 2 N–H and O–H groups in total. The second-order valence-corrected chi connectivity index (χ2v) is 5.97. The lowest BCUT2D eigenvalue weighted by Gasteiger charge is -2.40. The molecule has 1 aromatic rings. The maximum atomic E-state index is 9.79. The maximum absolute atomic E-state index is 9.79. The van der Waals surface area contributed by atoms with E-state index >= 15 is 0 Å². The summed E-state index contributed by atoms with van der Waals surface area (Å²) in [5.74, 6) is 0.974. The highest BCUT2D eigenvalue weighted by Crippen LogP contribution is 2.31. The van der Waals surface area contributed by atoms with Gasteiger partial charge in [0.1, 0.15) is 11.9 Å². The molecule has 0 amide bonds. The first-order chi connectivity index (χ1) is 9.69. The molecule has 2 rings (SSSR count). The van der Waals surface area contributed by atoms with Crippen LogP contribution < -0.4 is 10.1 Å². The molecule has 1 aliphatic rings. The summed E-state index contributed by atoms with van der Waals surface area (Å²) < 4.78 is 6.17. The molecule has 1 saturated carbocycles. The number of aliphatic hydroxyl groups is 1. The third kappa shape index (κ3) is 3.74. The SMILES string of the molecule is CCCNC1(CO)CCCC(Oc2ccccc2C)C1. The fourth-order valence-corrected chi connectivity index (χ4v) is 3.03. The van der Waals surface area contributed by atoms with Gasteiger partial charge in [-0.05, 0) is 50.8 Å². The molecule has 0 spiro atoms. The smallest absolute Gasteiger partial charge is 0.122 e. The van der Waals surface area contributed by atoms with Crippen LogP contribution in [0.2, 0.25) is 0 Å². The lowest BCUT2D eigenvalue weighted by Crippen LogP contribution is -2.53. The van der Waals surface area contributed by atoms with E-state index in [1.54, 1.807) is 0 Å². The van der Waals surface area contributed by atoms with Crippen LogP contribution >= 0.6 is 0 Å². The summed E-state index contributed by atoms with van der Waals surface area (Å²) in [6.07, 6.45) is 5.39. The van der Waals surface area contributed by atoms with Crippen molar-refractivity contribution >= 4 is 0 Å². The fraction of sp³-hybridized carbons (Fsp3) is 0.647. The van der Waals surface area contributed by atoms with Gasteiger partial charge in [0.2, 0.25) is 0 Å². The zero-order chi connectivity index (χ0) is 14.4. The molecule has 0 aliphatic heterocycles. The second-order valence-electron chi connectivity index (χ2n) is 5.97. The number of rotatable bonds is 6. The lowest BCUT2D eigenvalue weighted by atomic mass is 9.80. The highest BCUT2D eigenvalue weighted by Gasteiger charge is 2.36. The number of aryl methyl sites for hydroxylation is 1. The van der Waals surface area contributed by atoms with Crippen molar-refractivity contribution in [3.8, 4) is 5.75 Å². The van der Waals surface area contributed by atoms with Crippen molar-refractivity contribution in [2.45, 2.75) is 57.6 Å². The van der Waals surface area contributed by atoms with Crippen LogP contribution in [0.25, 0.3) is 0 Å². The van der Waals surface area contributed by atoms with Gasteiger partial charge in [-0.15, -0.1) is 0 Å². The first-order valence-corrected chi connectivity index (χ1v) is 7.77. The predicted octanol–water partition coefficient (Wildman–Crippen LogP) is 3.05. The summed E-state index contributed by atoms with van der Waals surface area (Å²) in [6, 6.07) is 8.15. The van der Waals surface area contributed by atoms with E-state index in [4.69, 9.17) is 4.74 Å². The van der Waals surface area contributed by atoms with Crippen LogP contribution in [0, 0.1) is 6.92 Å². The Morgan fingerprint density at radius 3 is 2.90 bits per heavy atom. The number of hydrogen-bond acceptors (Lipinski definition) is 3. The Morgan fingerprint density at radius 1 is 1.40 bits per heavy atom. The predicted molar refractivity (Wildman–Crippen MR) is 82.2 cm³/mol. The average Bonchev–Trinajstić information content (AvgIpc) is 2.48. The van der Waals surface area contributed by atoms with Crippen molar-refractivity contribution in [1.29, 1.82) is 0 Å². The molecule has 3 heteroatoms. The summed E-state index contributed by atoms with van der Waals surface area (Å²) >= 11 is 0. The third-order valence-corrected chi connectivity index (χ3v) is 4.24. The van der Waals surface area contributed by atoms with Gasteiger partial charge in [0.05, 0.1) is 6.61 Å². The zero-order valence-corrected chi connectivity index (χ0v) is 12.7. The Labute approximate surface area is 122 Å². The highest BCUT2D eigenvalue weighted by atomic mass is 16.5. The molecule has 0 bridgehead atoms. The summed E-state index contributed by atoms with van der Waals surface area (Å²) in [7, 11) is 0. The van der Waals surface area contributed by atoms with Crippen molar-refractivity contribution in [2.24, 2.45) is 0 Å². The molecule has 1 fully saturated rings. The summed E-state index contributed by atoms with van der Waals surface area (Å²) in [5, 5.41) is 13.3. The normalized spacial score (nSPS) is 26.4. The van der Waals surface area contributed by atoms with Crippen LogP contribution in [-0.2, 0) is 0 Å². The molecule has 1 aromatic carbocycles. The van der Waals surface area contributed by atoms with Crippen LogP contribution in [0.3, 0.4) is 0 Å². The molecule has 0 radical (unpaired) electrons. The van der Waals surface area contributed by atoms with Gasteiger partial charge >= 0.3 is 0 Å². The van der Waals surface area contributed by atoms with E-state index in [0.29, 0.717) is 0 Å². The van der Waals surface area contributed by atoms with Crippen LogP contribution in [0.1, 0.15) is 44.6 Å². The molecule has 0 heterocycles. The molecule has 112 valence electrons. The van der Waals surface area contributed by atoms with Crippen LogP contribution in [0.15, 0.2) is 24.3 Å². The van der Waals surface area contributed by atoms with Gasteiger partial charge in [-0.2, -0.15) is 0 Å². The van der Waals surface area contributed by atoms with Gasteiger partial charge in [0.15, 0.2) is 0 Å². The van der Waals surface area contributed by atoms with E-state index < -0.39 is 0 Å². The average molecular weight is 277 g/mol. The van der Waals surface area contributed by atoms with Crippen LogP contribution in [0.5, 0.6) is 5.75 Å². The minimum absolute atomic E-state index is 0.151. The maximum Gasteiger partial charge on any atom is 0.122 e. The molecular weight excluding hydrogens is 250 g/mol. The quantitative estimate of drug-likeness (QED) is 0.839.